The standard InChI is InChI=1S/C19H24N4O4S/c1-20-18(28-12-14-6-8-15(27-2)9-7-14)16-5-3-4-10-19(16,24)22-11-17(21-13-22)23(25)26/h6-9,11,13,16,24H,3-5,10,12H2,1-2H3. The van der Waals surface area contributed by atoms with E-state index in [1.54, 1.807) is 25.9 Å². The topological polar surface area (TPSA) is 103 Å². The number of aliphatic hydroxyl groups is 1. The molecule has 1 N–H and O–H groups in total. The minimum atomic E-state index is -1.26. The summed E-state index contributed by atoms with van der Waals surface area (Å²) in [6, 6.07) is 7.84. The molecule has 9 heteroatoms. The van der Waals surface area contributed by atoms with Crippen LogP contribution in [0.25, 0.3) is 0 Å². The predicted molar refractivity (Wildman–Crippen MR) is 109 cm³/mol. The average molecular weight is 404 g/mol. The molecule has 1 aliphatic carbocycles. The smallest absolute Gasteiger partial charge is 0.381 e. The lowest BCUT2D eigenvalue weighted by atomic mass is 9.81. The number of nitro groups is 1. The molecule has 1 fully saturated rings. The van der Waals surface area contributed by atoms with E-state index in [-0.39, 0.29) is 11.7 Å². The first-order valence-corrected chi connectivity index (χ1v) is 10.1. The van der Waals surface area contributed by atoms with E-state index in [1.807, 2.05) is 24.3 Å². The average Bonchev–Trinajstić information content (AvgIpc) is 3.21. The first kappa shape index (κ1) is 20.3. The van der Waals surface area contributed by atoms with Crippen molar-refractivity contribution in [3.05, 3.63) is 52.5 Å². The van der Waals surface area contributed by atoms with Crippen LogP contribution >= 0.6 is 11.8 Å². The highest BCUT2D eigenvalue weighted by Gasteiger charge is 2.44. The van der Waals surface area contributed by atoms with Crippen LogP contribution in [0.2, 0.25) is 0 Å². The molecule has 0 radical (unpaired) electrons. The van der Waals surface area contributed by atoms with Gasteiger partial charge in [-0.2, -0.15) is 0 Å². The van der Waals surface area contributed by atoms with Gasteiger partial charge in [-0.05, 0) is 46.9 Å². The number of ether oxygens (including phenoxy) is 1. The Balaban J connectivity index is 1.79. The third kappa shape index (κ3) is 4.20. The summed E-state index contributed by atoms with van der Waals surface area (Å²) in [4.78, 5) is 18.7. The molecule has 2 atom stereocenters. The minimum absolute atomic E-state index is 0.233. The quantitative estimate of drug-likeness (QED) is 0.341. The van der Waals surface area contributed by atoms with Crippen molar-refractivity contribution >= 4 is 22.6 Å². The Kier molecular flexibility index (Phi) is 6.35. The van der Waals surface area contributed by atoms with Gasteiger partial charge in [0.15, 0.2) is 5.72 Å². The SMILES string of the molecule is CN=C(SCc1ccc(OC)cc1)C1CCCCC1(O)n1cnc([N+](=O)[O-])c1. The molecule has 8 nitrogen and oxygen atoms in total. The van der Waals surface area contributed by atoms with Gasteiger partial charge >= 0.3 is 5.82 Å². The monoisotopic (exact) mass is 404 g/mol. The zero-order valence-electron chi connectivity index (χ0n) is 15.9. The van der Waals surface area contributed by atoms with Crippen LogP contribution in [0.5, 0.6) is 5.75 Å². The fourth-order valence-corrected chi connectivity index (χ4v) is 4.73. The predicted octanol–water partition coefficient (Wildman–Crippen LogP) is 3.60. The van der Waals surface area contributed by atoms with Gasteiger partial charge in [0, 0.05) is 12.8 Å². The van der Waals surface area contributed by atoms with Gasteiger partial charge in [0.05, 0.1) is 18.1 Å². The lowest BCUT2D eigenvalue weighted by Crippen LogP contribution is -2.46. The molecule has 1 aliphatic rings. The van der Waals surface area contributed by atoms with E-state index >= 15 is 0 Å². The Hall–Kier alpha value is -2.39. The Labute approximate surface area is 167 Å². The molecule has 2 unspecified atom stereocenters. The summed E-state index contributed by atoms with van der Waals surface area (Å²) < 4.78 is 6.67. The Bertz CT molecular complexity index is 852. The summed E-state index contributed by atoms with van der Waals surface area (Å²) in [6.07, 6.45) is 5.75. The van der Waals surface area contributed by atoms with Gasteiger partial charge in [-0.25, -0.2) is 0 Å². The van der Waals surface area contributed by atoms with Crippen molar-refractivity contribution in [1.82, 2.24) is 9.55 Å². The maximum Gasteiger partial charge on any atom is 0.381 e. The van der Waals surface area contributed by atoms with Gasteiger partial charge < -0.3 is 20.0 Å². The molecule has 3 rings (SSSR count). The summed E-state index contributed by atoms with van der Waals surface area (Å²) in [5.74, 6) is 1.02. The summed E-state index contributed by atoms with van der Waals surface area (Å²) in [6.45, 7) is 0. The number of hydrogen-bond acceptors (Lipinski definition) is 7. The molecular formula is C19H24N4O4S. The molecule has 0 bridgehead atoms. The van der Waals surface area contributed by atoms with Crippen molar-refractivity contribution in [3.63, 3.8) is 0 Å². The first-order valence-electron chi connectivity index (χ1n) is 9.11. The second-order valence-electron chi connectivity index (χ2n) is 6.77. The zero-order valence-corrected chi connectivity index (χ0v) is 16.8. The molecule has 1 aromatic carbocycles. The molecule has 0 aliphatic heterocycles. The van der Waals surface area contributed by atoms with Gasteiger partial charge in [0.25, 0.3) is 0 Å². The summed E-state index contributed by atoms with van der Waals surface area (Å²) in [7, 11) is 3.36. The Morgan fingerprint density at radius 3 is 2.82 bits per heavy atom. The number of hydrogen-bond donors (Lipinski definition) is 1. The molecule has 1 aromatic heterocycles. The third-order valence-corrected chi connectivity index (χ3v) is 6.35. The number of rotatable bonds is 6. The van der Waals surface area contributed by atoms with E-state index in [4.69, 9.17) is 4.74 Å². The number of imidazole rings is 1. The number of benzene rings is 1. The first-order chi connectivity index (χ1) is 13.5. The second kappa shape index (κ2) is 8.74. The van der Waals surface area contributed by atoms with Crippen LogP contribution in [0.15, 0.2) is 41.8 Å². The van der Waals surface area contributed by atoms with Crippen LogP contribution < -0.4 is 4.74 Å². The van der Waals surface area contributed by atoms with Gasteiger partial charge in [-0.1, -0.05) is 18.6 Å². The number of methoxy groups -OCH3 is 1. The van der Waals surface area contributed by atoms with E-state index in [0.29, 0.717) is 12.2 Å². The maximum atomic E-state index is 11.5. The highest BCUT2D eigenvalue weighted by molar-refractivity contribution is 8.13. The normalized spacial score (nSPS) is 22.8. The molecule has 0 spiro atoms. The van der Waals surface area contributed by atoms with Crippen molar-refractivity contribution in [3.8, 4) is 5.75 Å². The van der Waals surface area contributed by atoms with Crippen molar-refractivity contribution in [2.24, 2.45) is 10.9 Å². The maximum absolute atomic E-state index is 11.5. The fraction of sp³-hybridized carbons (Fsp3) is 0.474. The number of thioether (sulfide) groups is 1. The van der Waals surface area contributed by atoms with E-state index in [0.717, 1.165) is 35.6 Å². The summed E-state index contributed by atoms with van der Waals surface area (Å²) in [5.41, 5.74) is -0.133. The van der Waals surface area contributed by atoms with Crippen molar-refractivity contribution in [2.75, 3.05) is 14.2 Å². The Morgan fingerprint density at radius 2 is 2.21 bits per heavy atom. The summed E-state index contributed by atoms with van der Waals surface area (Å²) in [5, 5.41) is 23.3. The van der Waals surface area contributed by atoms with E-state index in [1.165, 1.54) is 17.1 Å². The lowest BCUT2D eigenvalue weighted by Gasteiger charge is -2.40. The van der Waals surface area contributed by atoms with Gasteiger partial charge in [0.2, 0.25) is 6.33 Å². The van der Waals surface area contributed by atoms with Crippen LogP contribution in [-0.4, -0.2) is 38.8 Å². The van der Waals surface area contributed by atoms with Crippen LogP contribution in [0.1, 0.15) is 31.2 Å². The molecule has 1 heterocycles. The van der Waals surface area contributed by atoms with Crippen molar-refractivity contribution < 1.29 is 14.8 Å². The molecule has 28 heavy (non-hydrogen) atoms. The van der Waals surface area contributed by atoms with Gasteiger partial charge in [0.1, 0.15) is 11.9 Å². The fourth-order valence-electron chi connectivity index (χ4n) is 3.59. The second-order valence-corrected chi connectivity index (χ2v) is 7.77. The molecule has 1 saturated carbocycles. The van der Waals surface area contributed by atoms with E-state index in [2.05, 4.69) is 9.98 Å². The molecule has 0 amide bonds. The van der Waals surface area contributed by atoms with Gasteiger partial charge in [-0.3, -0.25) is 9.56 Å². The van der Waals surface area contributed by atoms with Crippen LogP contribution in [-0.2, 0) is 11.5 Å². The zero-order chi connectivity index (χ0) is 20.1. The van der Waals surface area contributed by atoms with Crippen LogP contribution in [0.4, 0.5) is 5.82 Å². The molecule has 150 valence electrons. The molecule has 0 saturated heterocycles. The van der Waals surface area contributed by atoms with E-state index < -0.39 is 10.6 Å². The number of aliphatic imine (C=N–C) groups is 1. The molecular weight excluding hydrogens is 380 g/mol. The van der Waals surface area contributed by atoms with E-state index in [9.17, 15) is 15.2 Å². The lowest BCUT2D eigenvalue weighted by molar-refractivity contribution is -0.389. The van der Waals surface area contributed by atoms with Gasteiger partial charge in [-0.15, -0.1) is 11.8 Å². The highest BCUT2D eigenvalue weighted by atomic mass is 32.2. The minimum Gasteiger partial charge on any atom is -0.497 e. The number of aromatic nitrogens is 2. The summed E-state index contributed by atoms with van der Waals surface area (Å²) >= 11 is 1.59. The molecule has 2 aromatic rings. The number of nitrogens with zero attached hydrogens (tertiary/aromatic N) is 4. The highest BCUT2D eigenvalue weighted by Crippen LogP contribution is 2.41. The Morgan fingerprint density at radius 1 is 1.46 bits per heavy atom. The van der Waals surface area contributed by atoms with Crippen molar-refractivity contribution in [1.29, 1.82) is 0 Å². The van der Waals surface area contributed by atoms with Crippen LogP contribution in [0, 0.1) is 16.0 Å². The third-order valence-electron chi connectivity index (χ3n) is 5.11. The van der Waals surface area contributed by atoms with Crippen molar-refractivity contribution in [2.45, 2.75) is 37.2 Å². The van der Waals surface area contributed by atoms with Crippen LogP contribution in [0.3, 0.4) is 0 Å². The largest absolute Gasteiger partial charge is 0.497 e.